The van der Waals surface area contributed by atoms with E-state index in [1.165, 1.54) is 0 Å². The minimum atomic E-state index is -0.572. The first-order valence-corrected chi connectivity index (χ1v) is 12.2. The van der Waals surface area contributed by atoms with Crippen LogP contribution in [0.15, 0.2) is 42.9 Å². The Balaban J connectivity index is 1.35. The van der Waals surface area contributed by atoms with Crippen molar-refractivity contribution in [3.05, 3.63) is 54.2 Å². The molecule has 178 valence electrons. The number of hydrogen-bond acceptors (Lipinski definition) is 4. The number of H-pyrrole nitrogens is 1. The second-order valence-electron chi connectivity index (χ2n) is 9.89. The number of amides is 2. The zero-order chi connectivity index (χ0) is 23.8. The van der Waals surface area contributed by atoms with Gasteiger partial charge in [0.15, 0.2) is 0 Å². The van der Waals surface area contributed by atoms with Gasteiger partial charge in [0.25, 0.3) is 5.91 Å². The Morgan fingerprint density at radius 1 is 1.06 bits per heavy atom. The SMILES string of the molecule is Cc1nc[nH]c1-c1ccc(NC(=O)[C@@H](NC(=O)c2ccnn2C(C)C)C(C2CC2)C2CC2)cc1. The number of hydrogen-bond donors (Lipinski definition) is 3. The fourth-order valence-electron chi connectivity index (χ4n) is 4.94. The molecule has 0 bridgehead atoms. The van der Waals surface area contributed by atoms with Crippen LogP contribution in [0.3, 0.4) is 0 Å². The molecule has 1 aromatic carbocycles. The van der Waals surface area contributed by atoms with Gasteiger partial charge in [-0.3, -0.25) is 14.3 Å². The zero-order valence-corrected chi connectivity index (χ0v) is 19.9. The van der Waals surface area contributed by atoms with Crippen molar-refractivity contribution in [1.29, 1.82) is 0 Å². The summed E-state index contributed by atoms with van der Waals surface area (Å²) in [6, 6.07) is 8.91. The van der Waals surface area contributed by atoms with E-state index in [-0.39, 0.29) is 23.8 Å². The van der Waals surface area contributed by atoms with Gasteiger partial charge in [-0.15, -0.1) is 0 Å². The number of imidazole rings is 1. The summed E-state index contributed by atoms with van der Waals surface area (Å²) >= 11 is 0. The van der Waals surface area contributed by atoms with Crippen molar-refractivity contribution < 1.29 is 9.59 Å². The predicted octanol–water partition coefficient (Wildman–Crippen LogP) is 4.34. The summed E-state index contributed by atoms with van der Waals surface area (Å²) in [4.78, 5) is 34.2. The van der Waals surface area contributed by atoms with E-state index in [2.05, 4.69) is 25.7 Å². The maximum Gasteiger partial charge on any atom is 0.270 e. The number of aromatic amines is 1. The quantitative estimate of drug-likeness (QED) is 0.442. The normalized spacial score (nSPS) is 16.6. The van der Waals surface area contributed by atoms with Gasteiger partial charge < -0.3 is 15.6 Å². The van der Waals surface area contributed by atoms with E-state index in [1.807, 2.05) is 45.0 Å². The van der Waals surface area contributed by atoms with Crippen molar-refractivity contribution >= 4 is 17.5 Å². The number of aromatic nitrogens is 4. The molecule has 2 heterocycles. The molecule has 8 nitrogen and oxygen atoms in total. The Morgan fingerprint density at radius 3 is 2.29 bits per heavy atom. The molecule has 2 saturated carbocycles. The molecule has 1 atom stereocenters. The standard InChI is InChI=1S/C26H32N6O2/c1-15(2)32-21(12-13-29-32)25(33)31-24(22(17-4-5-17)18-6-7-18)26(34)30-20-10-8-19(9-11-20)23-16(3)27-14-28-23/h8-15,17-18,22,24H,4-7H2,1-3H3,(H,27,28)(H,30,34)(H,31,33)/t24-/m0/s1. The average molecular weight is 461 g/mol. The molecule has 3 N–H and O–H groups in total. The van der Waals surface area contributed by atoms with E-state index in [9.17, 15) is 9.59 Å². The highest BCUT2D eigenvalue weighted by atomic mass is 16.2. The third-order valence-corrected chi connectivity index (χ3v) is 6.95. The second-order valence-corrected chi connectivity index (χ2v) is 9.89. The molecule has 0 unspecified atom stereocenters. The number of carbonyl (C=O) groups is 2. The van der Waals surface area contributed by atoms with Gasteiger partial charge in [-0.1, -0.05) is 12.1 Å². The van der Waals surface area contributed by atoms with Gasteiger partial charge in [0, 0.05) is 17.9 Å². The lowest BCUT2D eigenvalue weighted by molar-refractivity contribution is -0.119. The number of benzene rings is 1. The summed E-state index contributed by atoms with van der Waals surface area (Å²) in [6.07, 6.45) is 7.82. The van der Waals surface area contributed by atoms with Crippen molar-refractivity contribution in [2.24, 2.45) is 17.8 Å². The second kappa shape index (κ2) is 9.08. The number of carbonyl (C=O) groups excluding carboxylic acids is 2. The van der Waals surface area contributed by atoms with Crippen molar-refractivity contribution in [3.63, 3.8) is 0 Å². The molecular formula is C26H32N6O2. The summed E-state index contributed by atoms with van der Waals surface area (Å²) in [5.41, 5.74) is 4.10. The van der Waals surface area contributed by atoms with Crippen LogP contribution in [0.1, 0.15) is 61.8 Å². The largest absolute Gasteiger partial charge is 0.344 e. The lowest BCUT2D eigenvalue weighted by Crippen LogP contribution is -2.50. The van der Waals surface area contributed by atoms with Crippen LogP contribution < -0.4 is 10.6 Å². The first kappa shape index (κ1) is 22.4. The molecule has 5 rings (SSSR count). The van der Waals surface area contributed by atoms with Gasteiger partial charge >= 0.3 is 0 Å². The fourth-order valence-corrected chi connectivity index (χ4v) is 4.94. The molecule has 0 saturated heterocycles. The minimum absolute atomic E-state index is 0.0581. The van der Waals surface area contributed by atoms with E-state index < -0.39 is 6.04 Å². The van der Waals surface area contributed by atoms with E-state index in [4.69, 9.17) is 0 Å². The molecule has 0 spiro atoms. The van der Waals surface area contributed by atoms with Gasteiger partial charge in [0.1, 0.15) is 11.7 Å². The molecule has 0 radical (unpaired) electrons. The Morgan fingerprint density at radius 2 is 1.74 bits per heavy atom. The molecule has 2 aliphatic rings. The molecule has 8 heteroatoms. The van der Waals surface area contributed by atoms with Gasteiger partial charge in [0.05, 0.1) is 17.7 Å². The predicted molar refractivity (Wildman–Crippen MR) is 130 cm³/mol. The van der Waals surface area contributed by atoms with E-state index in [1.54, 1.807) is 23.3 Å². The molecule has 34 heavy (non-hydrogen) atoms. The lowest BCUT2D eigenvalue weighted by atomic mass is 9.88. The van der Waals surface area contributed by atoms with Crippen molar-refractivity contribution in [2.75, 3.05) is 5.32 Å². The number of aryl methyl sites for hydroxylation is 1. The van der Waals surface area contributed by atoms with Gasteiger partial charge in [0.2, 0.25) is 5.91 Å². The maximum absolute atomic E-state index is 13.5. The molecule has 2 fully saturated rings. The van der Waals surface area contributed by atoms with Gasteiger partial charge in [-0.05, 0) is 88.0 Å². The van der Waals surface area contributed by atoms with Crippen LogP contribution in [-0.4, -0.2) is 37.6 Å². The lowest BCUT2D eigenvalue weighted by Gasteiger charge is -2.27. The van der Waals surface area contributed by atoms with Gasteiger partial charge in [-0.2, -0.15) is 5.10 Å². The monoisotopic (exact) mass is 460 g/mol. The highest BCUT2D eigenvalue weighted by molar-refractivity contribution is 6.01. The first-order valence-electron chi connectivity index (χ1n) is 12.2. The Labute approximate surface area is 199 Å². The van der Waals surface area contributed by atoms with Crippen LogP contribution in [0.2, 0.25) is 0 Å². The average Bonchev–Trinajstić information content (AvgIpc) is 3.74. The molecule has 3 aromatic rings. The van der Waals surface area contributed by atoms with Gasteiger partial charge in [-0.25, -0.2) is 4.98 Å². The summed E-state index contributed by atoms with van der Waals surface area (Å²) in [5, 5.41) is 10.4. The molecule has 2 aromatic heterocycles. The summed E-state index contributed by atoms with van der Waals surface area (Å²) in [5.74, 6) is 0.779. The van der Waals surface area contributed by atoms with Crippen molar-refractivity contribution in [3.8, 4) is 11.3 Å². The van der Waals surface area contributed by atoms with Crippen LogP contribution in [0.5, 0.6) is 0 Å². The highest BCUT2D eigenvalue weighted by Crippen LogP contribution is 2.51. The fraction of sp³-hybridized carbons (Fsp3) is 0.462. The van der Waals surface area contributed by atoms with Crippen LogP contribution in [0, 0.1) is 24.7 Å². The molecule has 2 amide bonds. The first-order chi connectivity index (χ1) is 16.4. The van der Waals surface area contributed by atoms with E-state index in [0.717, 1.165) is 42.6 Å². The van der Waals surface area contributed by atoms with Crippen LogP contribution in [0.4, 0.5) is 5.69 Å². The van der Waals surface area contributed by atoms with Crippen LogP contribution in [-0.2, 0) is 4.79 Å². The van der Waals surface area contributed by atoms with Crippen molar-refractivity contribution in [2.45, 2.75) is 58.5 Å². The Kier molecular flexibility index (Phi) is 5.98. The Hall–Kier alpha value is -3.42. The third-order valence-electron chi connectivity index (χ3n) is 6.95. The number of nitrogens with one attached hydrogen (secondary N) is 3. The van der Waals surface area contributed by atoms with Crippen molar-refractivity contribution in [1.82, 2.24) is 25.1 Å². The van der Waals surface area contributed by atoms with E-state index in [0.29, 0.717) is 23.2 Å². The van der Waals surface area contributed by atoms with Crippen LogP contribution >= 0.6 is 0 Å². The smallest absolute Gasteiger partial charge is 0.270 e. The van der Waals surface area contributed by atoms with E-state index >= 15 is 0 Å². The number of rotatable bonds is 9. The molecule has 2 aliphatic carbocycles. The topological polar surface area (TPSA) is 105 Å². The molecule has 0 aliphatic heterocycles. The maximum atomic E-state index is 13.5. The number of nitrogens with zero attached hydrogens (tertiary/aromatic N) is 3. The summed E-state index contributed by atoms with van der Waals surface area (Å²) in [6.45, 7) is 5.93. The minimum Gasteiger partial charge on any atom is -0.344 e. The third kappa shape index (κ3) is 4.62. The Bertz CT molecular complexity index is 1160. The van der Waals surface area contributed by atoms with Crippen LogP contribution in [0.25, 0.3) is 11.3 Å². The zero-order valence-electron chi connectivity index (χ0n) is 19.9. The highest BCUT2D eigenvalue weighted by Gasteiger charge is 2.48. The number of anilines is 1. The summed E-state index contributed by atoms with van der Waals surface area (Å²) in [7, 11) is 0. The summed E-state index contributed by atoms with van der Waals surface area (Å²) < 4.78 is 1.70. The molecular weight excluding hydrogens is 428 g/mol.